The first-order valence-corrected chi connectivity index (χ1v) is 7.61. The van der Waals surface area contributed by atoms with Crippen LogP contribution in [0.1, 0.15) is 10.4 Å². The third kappa shape index (κ3) is 4.97. The molecule has 0 aliphatic heterocycles. The normalized spacial score (nSPS) is 10.3. The highest BCUT2D eigenvalue weighted by Crippen LogP contribution is 2.23. The van der Waals surface area contributed by atoms with Crippen LogP contribution in [0.25, 0.3) is 0 Å². The van der Waals surface area contributed by atoms with Gasteiger partial charge in [-0.25, -0.2) is 9.78 Å². The lowest BCUT2D eigenvalue weighted by Crippen LogP contribution is -2.21. The Balaban J connectivity index is 1.93. The van der Waals surface area contributed by atoms with E-state index in [9.17, 15) is 9.59 Å². The van der Waals surface area contributed by atoms with E-state index in [4.69, 9.17) is 51.1 Å². The SMILES string of the molecule is O=C(COC(=O)c1ccc(Cl)c(Cl)c1)Nc1ncc(Cl)cc1Cl. The Morgan fingerprint density at radius 2 is 1.78 bits per heavy atom. The van der Waals surface area contributed by atoms with Gasteiger partial charge in [0.2, 0.25) is 0 Å². The Kier molecular flexibility index (Phi) is 6.07. The summed E-state index contributed by atoms with van der Waals surface area (Å²) in [7, 11) is 0. The molecule has 2 aromatic rings. The maximum Gasteiger partial charge on any atom is 0.338 e. The van der Waals surface area contributed by atoms with E-state index in [-0.39, 0.29) is 21.4 Å². The highest BCUT2D eigenvalue weighted by molar-refractivity contribution is 6.42. The van der Waals surface area contributed by atoms with Crippen molar-refractivity contribution in [1.29, 1.82) is 0 Å². The van der Waals surface area contributed by atoms with Gasteiger partial charge in [0.25, 0.3) is 5.91 Å². The van der Waals surface area contributed by atoms with Crippen LogP contribution in [0.3, 0.4) is 0 Å². The number of halogens is 4. The van der Waals surface area contributed by atoms with Crippen molar-refractivity contribution in [1.82, 2.24) is 4.98 Å². The number of carbonyl (C=O) groups is 2. The molecule has 1 heterocycles. The van der Waals surface area contributed by atoms with Crippen molar-refractivity contribution >= 4 is 64.1 Å². The average Bonchev–Trinajstić information content (AvgIpc) is 2.50. The number of amides is 1. The fraction of sp³-hybridized carbons (Fsp3) is 0.0714. The first-order chi connectivity index (χ1) is 10.9. The molecule has 0 aliphatic rings. The molecular weight excluding hydrogens is 386 g/mol. The van der Waals surface area contributed by atoms with Gasteiger partial charge in [0.15, 0.2) is 12.4 Å². The van der Waals surface area contributed by atoms with Gasteiger partial charge in [-0.05, 0) is 24.3 Å². The average molecular weight is 394 g/mol. The van der Waals surface area contributed by atoms with Crippen LogP contribution in [0.4, 0.5) is 5.82 Å². The monoisotopic (exact) mass is 392 g/mol. The third-order valence-corrected chi connectivity index (χ3v) is 3.79. The lowest BCUT2D eigenvalue weighted by atomic mass is 10.2. The van der Waals surface area contributed by atoms with Crippen molar-refractivity contribution in [3.63, 3.8) is 0 Å². The molecule has 0 fully saturated rings. The number of esters is 1. The smallest absolute Gasteiger partial charge is 0.338 e. The number of ether oxygens (including phenoxy) is 1. The third-order valence-electron chi connectivity index (χ3n) is 2.56. The fourth-order valence-corrected chi connectivity index (χ4v) is 2.24. The lowest BCUT2D eigenvalue weighted by Gasteiger charge is -2.08. The molecule has 0 saturated heterocycles. The number of nitrogens with one attached hydrogen (secondary N) is 1. The zero-order chi connectivity index (χ0) is 17.0. The van der Waals surface area contributed by atoms with E-state index < -0.39 is 18.5 Å². The number of nitrogens with zero attached hydrogens (tertiary/aromatic N) is 1. The van der Waals surface area contributed by atoms with E-state index in [0.29, 0.717) is 10.0 Å². The Morgan fingerprint density at radius 1 is 1.04 bits per heavy atom. The van der Waals surface area contributed by atoms with Crippen molar-refractivity contribution in [3.05, 3.63) is 56.1 Å². The Morgan fingerprint density at radius 3 is 2.43 bits per heavy atom. The number of anilines is 1. The highest BCUT2D eigenvalue weighted by atomic mass is 35.5. The van der Waals surface area contributed by atoms with Crippen LogP contribution < -0.4 is 5.32 Å². The number of rotatable bonds is 4. The minimum Gasteiger partial charge on any atom is -0.452 e. The van der Waals surface area contributed by atoms with Crippen LogP contribution in [0.2, 0.25) is 20.1 Å². The highest BCUT2D eigenvalue weighted by Gasteiger charge is 2.13. The van der Waals surface area contributed by atoms with Crippen molar-refractivity contribution < 1.29 is 14.3 Å². The van der Waals surface area contributed by atoms with Crippen LogP contribution in [-0.2, 0) is 9.53 Å². The quantitative estimate of drug-likeness (QED) is 0.777. The molecule has 0 unspecified atom stereocenters. The predicted octanol–water partition coefficient (Wildman–Crippen LogP) is 4.49. The van der Waals surface area contributed by atoms with Gasteiger partial charge in [0.1, 0.15) is 0 Å². The molecule has 5 nitrogen and oxygen atoms in total. The Hall–Kier alpha value is -1.53. The minimum absolute atomic E-state index is 0.117. The topological polar surface area (TPSA) is 68.3 Å². The first-order valence-electron chi connectivity index (χ1n) is 6.10. The van der Waals surface area contributed by atoms with Gasteiger partial charge in [-0.15, -0.1) is 0 Å². The van der Waals surface area contributed by atoms with E-state index in [0.717, 1.165) is 0 Å². The van der Waals surface area contributed by atoms with Crippen molar-refractivity contribution in [2.75, 3.05) is 11.9 Å². The molecule has 0 radical (unpaired) electrons. The van der Waals surface area contributed by atoms with Crippen LogP contribution >= 0.6 is 46.4 Å². The molecule has 0 aliphatic carbocycles. The summed E-state index contributed by atoms with van der Waals surface area (Å²) in [4.78, 5) is 27.4. The van der Waals surface area contributed by atoms with Crippen molar-refractivity contribution in [2.24, 2.45) is 0 Å². The second-order valence-corrected chi connectivity index (χ2v) is 5.90. The lowest BCUT2D eigenvalue weighted by molar-refractivity contribution is -0.119. The fourth-order valence-electron chi connectivity index (χ4n) is 1.51. The number of benzene rings is 1. The predicted molar refractivity (Wildman–Crippen MR) is 89.6 cm³/mol. The van der Waals surface area contributed by atoms with Crippen LogP contribution in [-0.4, -0.2) is 23.5 Å². The van der Waals surface area contributed by atoms with Crippen LogP contribution in [0, 0.1) is 0 Å². The molecule has 1 aromatic carbocycles. The number of pyridine rings is 1. The zero-order valence-corrected chi connectivity index (χ0v) is 14.3. The molecule has 0 saturated carbocycles. The maximum absolute atomic E-state index is 11.8. The van der Waals surface area contributed by atoms with Crippen LogP contribution in [0.5, 0.6) is 0 Å². The summed E-state index contributed by atoms with van der Waals surface area (Å²) in [6, 6.07) is 5.67. The summed E-state index contributed by atoms with van der Waals surface area (Å²) in [5, 5.41) is 3.42. The van der Waals surface area contributed by atoms with E-state index in [1.54, 1.807) is 0 Å². The summed E-state index contributed by atoms with van der Waals surface area (Å²) in [6.45, 7) is -0.514. The molecule has 9 heteroatoms. The van der Waals surface area contributed by atoms with Crippen molar-refractivity contribution in [3.8, 4) is 0 Å². The summed E-state index contributed by atoms with van der Waals surface area (Å²) in [5.74, 6) is -1.20. The molecule has 120 valence electrons. The largest absolute Gasteiger partial charge is 0.452 e. The molecule has 0 atom stereocenters. The van der Waals surface area contributed by atoms with Crippen LogP contribution in [0.15, 0.2) is 30.5 Å². The van der Waals surface area contributed by atoms with Gasteiger partial charge < -0.3 is 10.1 Å². The summed E-state index contributed by atoms with van der Waals surface area (Å²) in [5.41, 5.74) is 0.176. The molecule has 0 spiro atoms. The number of aromatic nitrogens is 1. The van der Waals surface area contributed by atoms with E-state index in [2.05, 4.69) is 10.3 Å². The molecule has 2 rings (SSSR count). The second kappa shape index (κ2) is 7.84. The standard InChI is InChI=1S/C14H8Cl4N2O3/c15-8-4-11(18)13(19-5-8)20-12(21)6-23-14(22)7-1-2-9(16)10(17)3-7/h1-5H,6H2,(H,19,20,21). The minimum atomic E-state index is -0.714. The maximum atomic E-state index is 11.8. The second-order valence-electron chi connectivity index (χ2n) is 4.24. The van der Waals surface area contributed by atoms with Gasteiger partial charge in [0.05, 0.1) is 25.7 Å². The Labute approximate surface area is 151 Å². The molecular formula is C14H8Cl4N2O3. The summed E-state index contributed by atoms with van der Waals surface area (Å²) < 4.78 is 4.87. The molecule has 1 N–H and O–H groups in total. The number of carbonyl (C=O) groups excluding carboxylic acids is 2. The molecule has 1 aromatic heterocycles. The number of hydrogen-bond acceptors (Lipinski definition) is 4. The van der Waals surface area contributed by atoms with Gasteiger partial charge in [0, 0.05) is 6.20 Å². The van der Waals surface area contributed by atoms with E-state index >= 15 is 0 Å². The summed E-state index contributed by atoms with van der Waals surface area (Å²) >= 11 is 23.1. The first kappa shape index (κ1) is 17.8. The van der Waals surface area contributed by atoms with Crippen molar-refractivity contribution in [2.45, 2.75) is 0 Å². The molecule has 1 amide bonds. The van der Waals surface area contributed by atoms with Gasteiger partial charge in [-0.1, -0.05) is 46.4 Å². The Bertz CT molecular complexity index is 768. The van der Waals surface area contributed by atoms with Gasteiger partial charge >= 0.3 is 5.97 Å². The van der Waals surface area contributed by atoms with E-state index in [1.165, 1.54) is 30.5 Å². The molecule has 23 heavy (non-hydrogen) atoms. The van der Waals surface area contributed by atoms with E-state index in [1.807, 2.05) is 0 Å². The zero-order valence-electron chi connectivity index (χ0n) is 11.3. The van der Waals surface area contributed by atoms with Gasteiger partial charge in [-0.2, -0.15) is 0 Å². The summed E-state index contributed by atoms with van der Waals surface area (Å²) in [6.07, 6.45) is 1.32. The van der Waals surface area contributed by atoms with Gasteiger partial charge in [-0.3, -0.25) is 4.79 Å². The molecule has 0 bridgehead atoms. The number of hydrogen-bond donors (Lipinski definition) is 1.